The number of hydrogen-bond acceptors (Lipinski definition) is 2. The Hall–Kier alpha value is -1.38. The maximum atomic E-state index is 4.65. The van der Waals surface area contributed by atoms with E-state index in [0.717, 1.165) is 5.69 Å². The first-order valence-corrected chi connectivity index (χ1v) is 6.79. The van der Waals surface area contributed by atoms with Crippen molar-refractivity contribution in [1.82, 2.24) is 14.8 Å². The lowest BCUT2D eigenvalue weighted by Crippen LogP contribution is -2.06. The molecule has 3 heteroatoms. The maximum Gasteiger partial charge on any atom is 0.0753 e. The van der Waals surface area contributed by atoms with Gasteiger partial charge in [-0.1, -0.05) is 27.7 Å². The lowest BCUT2D eigenvalue weighted by atomic mass is 9.99. The summed E-state index contributed by atoms with van der Waals surface area (Å²) in [6.45, 7) is 13.1. The van der Waals surface area contributed by atoms with Gasteiger partial charge < -0.3 is 0 Å². The van der Waals surface area contributed by atoms with Gasteiger partial charge in [0.2, 0.25) is 0 Å². The second-order valence-electron chi connectivity index (χ2n) is 5.85. The fourth-order valence-corrected chi connectivity index (χ4v) is 2.38. The third-order valence-corrected chi connectivity index (χ3v) is 3.35. The second kappa shape index (κ2) is 4.71. The van der Waals surface area contributed by atoms with Crippen molar-refractivity contribution in [2.75, 3.05) is 0 Å². The van der Waals surface area contributed by atoms with Crippen LogP contribution in [-0.4, -0.2) is 14.8 Å². The summed E-state index contributed by atoms with van der Waals surface area (Å²) in [7, 11) is 0. The third-order valence-electron chi connectivity index (χ3n) is 3.35. The van der Waals surface area contributed by atoms with E-state index in [1.54, 1.807) is 0 Å². The van der Waals surface area contributed by atoms with Gasteiger partial charge >= 0.3 is 0 Å². The standard InChI is InChI=1S/C15H23N3/c1-9(2)12-7-16-14(10(3)4)13-8-17-18(11(5)6)15(12)13/h7-11H,1-6H3. The molecule has 0 bridgehead atoms. The molecule has 2 aromatic heterocycles. The van der Waals surface area contributed by atoms with Crippen LogP contribution >= 0.6 is 0 Å². The molecule has 0 aliphatic rings. The fraction of sp³-hybridized carbons (Fsp3) is 0.600. The molecular weight excluding hydrogens is 222 g/mol. The molecule has 0 radical (unpaired) electrons. The van der Waals surface area contributed by atoms with Crippen LogP contribution in [0.5, 0.6) is 0 Å². The van der Waals surface area contributed by atoms with Crippen LogP contribution in [0, 0.1) is 0 Å². The normalized spacial score (nSPS) is 12.3. The quantitative estimate of drug-likeness (QED) is 0.809. The van der Waals surface area contributed by atoms with Gasteiger partial charge in [0.25, 0.3) is 0 Å². The zero-order chi connectivity index (χ0) is 13.4. The van der Waals surface area contributed by atoms with E-state index in [0.29, 0.717) is 17.9 Å². The van der Waals surface area contributed by atoms with Crippen molar-refractivity contribution in [3.05, 3.63) is 23.7 Å². The Morgan fingerprint density at radius 1 is 0.944 bits per heavy atom. The summed E-state index contributed by atoms with van der Waals surface area (Å²) in [4.78, 5) is 4.65. The first kappa shape index (κ1) is 13.1. The minimum Gasteiger partial charge on any atom is -0.262 e. The number of rotatable bonds is 3. The third kappa shape index (κ3) is 2.02. The summed E-state index contributed by atoms with van der Waals surface area (Å²) in [5.41, 5.74) is 3.71. The predicted octanol–water partition coefficient (Wildman–Crippen LogP) is 4.26. The average Bonchev–Trinajstić information content (AvgIpc) is 2.71. The molecule has 0 aromatic carbocycles. The highest BCUT2D eigenvalue weighted by Gasteiger charge is 2.17. The molecular formula is C15H23N3. The Kier molecular flexibility index (Phi) is 3.42. The van der Waals surface area contributed by atoms with Crippen molar-refractivity contribution in [3.63, 3.8) is 0 Å². The molecule has 0 amide bonds. The van der Waals surface area contributed by atoms with Crippen molar-refractivity contribution in [2.45, 2.75) is 59.4 Å². The molecule has 98 valence electrons. The molecule has 18 heavy (non-hydrogen) atoms. The molecule has 0 saturated carbocycles. The Bertz CT molecular complexity index is 550. The van der Waals surface area contributed by atoms with Crippen LogP contribution in [0.15, 0.2) is 12.4 Å². The van der Waals surface area contributed by atoms with E-state index in [4.69, 9.17) is 0 Å². The molecule has 2 aromatic rings. The summed E-state index contributed by atoms with van der Waals surface area (Å²) >= 11 is 0. The molecule has 0 N–H and O–H groups in total. The van der Waals surface area contributed by atoms with E-state index in [2.05, 4.69) is 56.3 Å². The van der Waals surface area contributed by atoms with E-state index in [1.807, 2.05) is 12.4 Å². The van der Waals surface area contributed by atoms with Crippen molar-refractivity contribution in [2.24, 2.45) is 0 Å². The minimum atomic E-state index is 0.377. The summed E-state index contributed by atoms with van der Waals surface area (Å²) < 4.78 is 2.12. The van der Waals surface area contributed by atoms with Crippen LogP contribution < -0.4 is 0 Å². The van der Waals surface area contributed by atoms with Gasteiger partial charge in [-0.2, -0.15) is 5.10 Å². The van der Waals surface area contributed by atoms with Gasteiger partial charge in [-0.3, -0.25) is 9.67 Å². The van der Waals surface area contributed by atoms with E-state index in [1.165, 1.54) is 16.5 Å². The SMILES string of the molecule is CC(C)c1ncc(C(C)C)c2c1cnn2C(C)C. The smallest absolute Gasteiger partial charge is 0.0753 e. The van der Waals surface area contributed by atoms with Gasteiger partial charge in [-0.05, 0) is 31.2 Å². The summed E-state index contributed by atoms with van der Waals surface area (Å²) in [5, 5.41) is 5.77. The van der Waals surface area contributed by atoms with E-state index >= 15 is 0 Å². The number of pyridine rings is 1. The monoisotopic (exact) mass is 245 g/mol. The zero-order valence-electron chi connectivity index (χ0n) is 12.2. The molecule has 2 heterocycles. The molecule has 2 rings (SSSR count). The Morgan fingerprint density at radius 3 is 2.11 bits per heavy atom. The highest BCUT2D eigenvalue weighted by Crippen LogP contribution is 2.31. The Balaban J connectivity index is 2.80. The summed E-state index contributed by atoms with van der Waals surface area (Å²) in [6, 6.07) is 0.377. The highest BCUT2D eigenvalue weighted by atomic mass is 15.3. The predicted molar refractivity (Wildman–Crippen MR) is 76.1 cm³/mol. The maximum absolute atomic E-state index is 4.65. The van der Waals surface area contributed by atoms with Crippen molar-refractivity contribution >= 4 is 10.9 Å². The highest BCUT2D eigenvalue weighted by molar-refractivity contribution is 5.84. The molecule has 0 spiro atoms. The lowest BCUT2D eigenvalue weighted by molar-refractivity contribution is 0.548. The van der Waals surface area contributed by atoms with Gasteiger partial charge in [-0.25, -0.2) is 0 Å². The summed E-state index contributed by atoms with van der Waals surface area (Å²) in [5.74, 6) is 0.897. The van der Waals surface area contributed by atoms with Gasteiger partial charge in [0.05, 0.1) is 17.4 Å². The molecule has 0 aliphatic carbocycles. The van der Waals surface area contributed by atoms with E-state index in [-0.39, 0.29) is 0 Å². The number of hydrogen-bond donors (Lipinski definition) is 0. The molecule has 0 atom stereocenters. The molecule has 0 saturated heterocycles. The molecule has 3 nitrogen and oxygen atoms in total. The van der Waals surface area contributed by atoms with Gasteiger partial charge in [0, 0.05) is 17.6 Å². The first-order valence-electron chi connectivity index (χ1n) is 6.79. The fourth-order valence-electron chi connectivity index (χ4n) is 2.38. The van der Waals surface area contributed by atoms with E-state index < -0.39 is 0 Å². The number of fused-ring (bicyclic) bond motifs is 1. The number of aromatic nitrogens is 3. The van der Waals surface area contributed by atoms with Gasteiger partial charge in [0.1, 0.15) is 0 Å². The van der Waals surface area contributed by atoms with Crippen molar-refractivity contribution in [3.8, 4) is 0 Å². The van der Waals surface area contributed by atoms with Crippen LogP contribution in [0.4, 0.5) is 0 Å². The first-order chi connectivity index (χ1) is 8.43. The summed E-state index contributed by atoms with van der Waals surface area (Å²) in [6.07, 6.45) is 4.01. The molecule has 0 aliphatic heterocycles. The topological polar surface area (TPSA) is 30.7 Å². The van der Waals surface area contributed by atoms with Crippen LogP contribution in [0.1, 0.15) is 70.7 Å². The largest absolute Gasteiger partial charge is 0.262 e. The van der Waals surface area contributed by atoms with Crippen LogP contribution in [-0.2, 0) is 0 Å². The Morgan fingerprint density at radius 2 is 1.61 bits per heavy atom. The van der Waals surface area contributed by atoms with Gasteiger partial charge in [-0.15, -0.1) is 0 Å². The second-order valence-corrected chi connectivity index (χ2v) is 5.85. The van der Waals surface area contributed by atoms with Crippen molar-refractivity contribution in [1.29, 1.82) is 0 Å². The Labute approximate surface area is 109 Å². The van der Waals surface area contributed by atoms with E-state index in [9.17, 15) is 0 Å². The van der Waals surface area contributed by atoms with Crippen molar-refractivity contribution < 1.29 is 0 Å². The lowest BCUT2D eigenvalue weighted by Gasteiger charge is -2.15. The molecule has 0 fully saturated rings. The number of nitrogens with zero attached hydrogens (tertiary/aromatic N) is 3. The zero-order valence-corrected chi connectivity index (χ0v) is 12.2. The minimum absolute atomic E-state index is 0.377. The van der Waals surface area contributed by atoms with Crippen LogP contribution in [0.2, 0.25) is 0 Å². The van der Waals surface area contributed by atoms with Gasteiger partial charge in [0.15, 0.2) is 0 Å². The molecule has 0 unspecified atom stereocenters. The van der Waals surface area contributed by atoms with Crippen LogP contribution in [0.25, 0.3) is 10.9 Å². The van der Waals surface area contributed by atoms with Crippen LogP contribution in [0.3, 0.4) is 0 Å². The average molecular weight is 245 g/mol.